The van der Waals surface area contributed by atoms with Gasteiger partial charge >= 0.3 is 0 Å². The monoisotopic (exact) mass is 938 g/mol. The molecule has 14 aromatic carbocycles. The van der Waals surface area contributed by atoms with E-state index in [0.717, 1.165) is 88.4 Å². The Morgan fingerprint density at radius 2 is 0.541 bits per heavy atom. The second-order valence-corrected chi connectivity index (χ2v) is 19.8. The molecule has 0 fully saturated rings. The Hall–Kier alpha value is -9.76. The van der Waals surface area contributed by atoms with Crippen molar-refractivity contribution in [3.8, 4) is 55.6 Å². The zero-order chi connectivity index (χ0) is 48.4. The maximum Gasteiger partial charge on any atom is 0.143 e. The number of benzene rings is 14. The van der Waals surface area contributed by atoms with Gasteiger partial charge in [0.2, 0.25) is 0 Å². The Morgan fingerprint density at radius 3 is 1.16 bits per heavy atom. The molecule has 0 spiro atoms. The zero-order valence-corrected chi connectivity index (χ0v) is 40.1. The van der Waals surface area contributed by atoms with E-state index in [4.69, 9.17) is 8.83 Å². The van der Waals surface area contributed by atoms with Crippen molar-refractivity contribution < 1.29 is 8.83 Å². The fourth-order valence-electron chi connectivity index (χ4n) is 12.4. The molecule has 0 N–H and O–H groups in total. The zero-order valence-electron chi connectivity index (χ0n) is 40.1. The predicted octanol–water partition coefficient (Wildman–Crippen LogP) is 20.7. The predicted molar refractivity (Wildman–Crippen MR) is 313 cm³/mol. The number of fused-ring (bicyclic) bond motifs is 18. The molecule has 0 aliphatic rings. The van der Waals surface area contributed by atoms with Gasteiger partial charge in [0.1, 0.15) is 22.3 Å². The highest BCUT2D eigenvalue weighted by Crippen LogP contribution is 2.46. The molecule has 2 heterocycles. The van der Waals surface area contributed by atoms with Crippen LogP contribution in [0.3, 0.4) is 0 Å². The number of hydrogen-bond acceptors (Lipinski definition) is 2. The third-order valence-electron chi connectivity index (χ3n) is 15.9. The second kappa shape index (κ2) is 15.9. The second-order valence-electron chi connectivity index (χ2n) is 19.8. The van der Waals surface area contributed by atoms with Gasteiger partial charge in [0.25, 0.3) is 0 Å². The maximum atomic E-state index is 6.92. The first-order chi connectivity index (χ1) is 36.7. The van der Waals surface area contributed by atoms with Crippen LogP contribution in [0.4, 0.5) is 0 Å². The van der Waals surface area contributed by atoms with Gasteiger partial charge in [-0.15, -0.1) is 0 Å². The molecule has 16 aromatic rings. The quantitative estimate of drug-likeness (QED) is 0.161. The summed E-state index contributed by atoms with van der Waals surface area (Å²) in [6.45, 7) is 0. The molecule has 0 saturated carbocycles. The van der Waals surface area contributed by atoms with E-state index in [1.807, 2.05) is 12.1 Å². The Bertz CT molecular complexity index is 4960. The average molecular weight is 939 g/mol. The van der Waals surface area contributed by atoms with E-state index in [1.54, 1.807) is 0 Å². The molecular formula is C72H42O2. The first kappa shape index (κ1) is 40.9. The van der Waals surface area contributed by atoms with E-state index >= 15 is 0 Å². The fourth-order valence-corrected chi connectivity index (χ4v) is 12.4. The average Bonchev–Trinajstić information content (AvgIpc) is 4.05. The van der Waals surface area contributed by atoms with Crippen LogP contribution in [0.15, 0.2) is 264 Å². The topological polar surface area (TPSA) is 26.3 Å². The summed E-state index contributed by atoms with van der Waals surface area (Å²) in [5.41, 5.74) is 14.9. The molecule has 2 heteroatoms. The third-order valence-corrected chi connectivity index (χ3v) is 15.9. The lowest BCUT2D eigenvalue weighted by Crippen LogP contribution is -1.89. The summed E-state index contributed by atoms with van der Waals surface area (Å²) in [5.74, 6) is 0. The van der Waals surface area contributed by atoms with E-state index < -0.39 is 0 Å². The van der Waals surface area contributed by atoms with Crippen LogP contribution in [-0.2, 0) is 0 Å². The molecule has 0 aliphatic carbocycles. The minimum Gasteiger partial charge on any atom is -0.456 e. The lowest BCUT2D eigenvalue weighted by Gasteiger charge is -2.16. The number of furan rings is 2. The molecule has 0 amide bonds. The number of rotatable bonds is 5. The highest BCUT2D eigenvalue weighted by atomic mass is 16.3. The minimum absolute atomic E-state index is 0.863. The number of para-hydroxylation sites is 2. The van der Waals surface area contributed by atoms with Crippen LogP contribution >= 0.6 is 0 Å². The van der Waals surface area contributed by atoms with Crippen LogP contribution in [0.2, 0.25) is 0 Å². The molecule has 2 aromatic heterocycles. The summed E-state index contributed by atoms with van der Waals surface area (Å²) in [6, 6.07) is 93.1. The lowest BCUT2D eigenvalue weighted by atomic mass is 9.88. The summed E-state index contributed by atoms with van der Waals surface area (Å²) >= 11 is 0. The number of hydrogen-bond donors (Lipinski definition) is 0. The van der Waals surface area contributed by atoms with E-state index in [0.29, 0.717) is 0 Å². The normalized spacial score (nSPS) is 12.1. The molecule has 0 aliphatic heterocycles. The maximum absolute atomic E-state index is 6.92. The Labute approximate surface area is 425 Å². The minimum atomic E-state index is 0.863. The molecule has 0 unspecified atom stereocenters. The lowest BCUT2D eigenvalue weighted by molar-refractivity contribution is 0.669. The first-order valence-corrected chi connectivity index (χ1v) is 25.5. The largest absolute Gasteiger partial charge is 0.456 e. The smallest absolute Gasteiger partial charge is 0.143 e. The van der Waals surface area contributed by atoms with Crippen molar-refractivity contribution in [1.82, 2.24) is 0 Å². The molecule has 16 rings (SSSR count). The van der Waals surface area contributed by atoms with Gasteiger partial charge in [0.15, 0.2) is 0 Å². The van der Waals surface area contributed by atoms with Crippen LogP contribution < -0.4 is 0 Å². The van der Waals surface area contributed by atoms with E-state index in [9.17, 15) is 0 Å². The molecular weight excluding hydrogens is 897 g/mol. The van der Waals surface area contributed by atoms with Crippen LogP contribution in [0.5, 0.6) is 0 Å². The SMILES string of the molecule is c1ccc(-c2cccc3c2oc2ccc(-c4ccc(-c5ccc6c(c5)oc5ccccc56)c(-c5ccc6c7ccccc7c7ccccc7c6c5)c4)cc23)c(-c2ccc3c4ccccc4c4ccccc4c3c2)c1. The van der Waals surface area contributed by atoms with Gasteiger partial charge < -0.3 is 8.83 Å². The van der Waals surface area contributed by atoms with E-state index in [2.05, 4.69) is 243 Å². The Morgan fingerprint density at radius 1 is 0.162 bits per heavy atom. The van der Waals surface area contributed by atoms with Gasteiger partial charge in [-0.25, -0.2) is 0 Å². The van der Waals surface area contributed by atoms with Crippen LogP contribution in [-0.4, -0.2) is 0 Å². The van der Waals surface area contributed by atoms with Gasteiger partial charge in [0.05, 0.1) is 0 Å². The molecule has 2 nitrogen and oxygen atoms in total. The summed E-state index contributed by atoms with van der Waals surface area (Å²) in [7, 11) is 0. The van der Waals surface area contributed by atoms with Crippen molar-refractivity contribution in [2.45, 2.75) is 0 Å². The summed E-state index contributed by atoms with van der Waals surface area (Å²) in [4.78, 5) is 0. The highest BCUT2D eigenvalue weighted by Gasteiger charge is 2.20. The van der Waals surface area contributed by atoms with Crippen molar-refractivity contribution >= 4 is 109 Å². The fraction of sp³-hybridized carbons (Fsp3) is 0. The van der Waals surface area contributed by atoms with Gasteiger partial charge in [-0.05, 0) is 163 Å². The van der Waals surface area contributed by atoms with E-state index in [1.165, 1.54) is 75.8 Å². The van der Waals surface area contributed by atoms with Gasteiger partial charge in [-0.3, -0.25) is 0 Å². The molecule has 74 heavy (non-hydrogen) atoms. The van der Waals surface area contributed by atoms with Crippen molar-refractivity contribution in [2.75, 3.05) is 0 Å². The highest BCUT2D eigenvalue weighted by molar-refractivity contribution is 6.27. The standard InChI is InChI=1S/C72H42O2/c1-2-15-50(48(14-1)45-29-34-59-55-20-5-3-16-51(55)53-18-7-9-22-57(53)66(59)40-45)63-25-13-26-64-68-39-44(32-37-70(68)74-72(63)64)43-28-33-49(47-31-36-62-61-24-11-12-27-69(61)73-71(62)42-47)65(38-43)46-30-35-60-56-21-6-4-17-52(56)54-19-8-10-23-58(54)67(60)41-46/h1-42H. The van der Waals surface area contributed by atoms with Gasteiger partial charge in [-0.2, -0.15) is 0 Å². The molecule has 0 atom stereocenters. The molecule has 342 valence electrons. The van der Waals surface area contributed by atoms with Gasteiger partial charge in [-0.1, -0.05) is 206 Å². The van der Waals surface area contributed by atoms with Crippen LogP contribution in [0.1, 0.15) is 0 Å². The summed E-state index contributed by atoms with van der Waals surface area (Å²) in [6.07, 6.45) is 0. The summed E-state index contributed by atoms with van der Waals surface area (Å²) in [5, 5.41) is 19.6. The molecule has 0 radical (unpaired) electrons. The van der Waals surface area contributed by atoms with Gasteiger partial charge in [0, 0.05) is 27.1 Å². The molecule has 0 saturated heterocycles. The Kier molecular flexibility index (Phi) is 8.78. The first-order valence-electron chi connectivity index (χ1n) is 25.5. The van der Waals surface area contributed by atoms with Crippen LogP contribution in [0.25, 0.3) is 164 Å². The van der Waals surface area contributed by atoms with Crippen molar-refractivity contribution in [3.63, 3.8) is 0 Å². The summed E-state index contributed by atoms with van der Waals surface area (Å²) < 4.78 is 13.4. The molecule has 0 bridgehead atoms. The van der Waals surface area contributed by atoms with Crippen molar-refractivity contribution in [1.29, 1.82) is 0 Å². The van der Waals surface area contributed by atoms with Crippen molar-refractivity contribution in [3.05, 3.63) is 255 Å². The Balaban J connectivity index is 0.851. The van der Waals surface area contributed by atoms with E-state index in [-0.39, 0.29) is 0 Å². The van der Waals surface area contributed by atoms with Crippen LogP contribution in [0, 0.1) is 0 Å². The third kappa shape index (κ3) is 6.12. The van der Waals surface area contributed by atoms with Crippen molar-refractivity contribution in [2.24, 2.45) is 0 Å².